The molecule has 1 rings (SSSR count). The maximum atomic E-state index is 9.02. The first-order chi connectivity index (χ1) is 8.73. The van der Waals surface area contributed by atoms with Crippen molar-refractivity contribution in [3.8, 4) is 30.3 Å². The Labute approximate surface area is 103 Å². The monoisotopic (exact) mass is 229 g/mol. The largest absolute Gasteiger partial charge is 0.192 e. The molecule has 0 saturated heterocycles. The highest BCUT2D eigenvalue weighted by atomic mass is 14.4. The zero-order chi connectivity index (χ0) is 13.5. The van der Waals surface area contributed by atoms with Crippen LogP contribution in [0.4, 0.5) is 0 Å². The quantitative estimate of drug-likeness (QED) is 0.625. The van der Waals surface area contributed by atoms with Crippen molar-refractivity contribution >= 4 is 0 Å². The molecular weight excluding hydrogens is 226 g/mol. The second-order valence-corrected chi connectivity index (χ2v) is 3.04. The highest BCUT2D eigenvalue weighted by Gasteiger charge is 2.19. The molecule has 1 aliphatic rings. The average Bonchev–Trinajstić information content (AvgIpc) is 2.39. The van der Waals surface area contributed by atoms with Crippen LogP contribution in [0, 0.1) is 56.7 Å². The van der Waals surface area contributed by atoms with Gasteiger partial charge in [-0.25, -0.2) is 0 Å². The third kappa shape index (κ3) is 2.00. The minimum absolute atomic E-state index is 0.0185. The van der Waals surface area contributed by atoms with Crippen molar-refractivity contribution < 1.29 is 0 Å². The van der Waals surface area contributed by atoms with Crippen molar-refractivity contribution in [3.05, 3.63) is 46.1 Å². The first-order valence-corrected chi connectivity index (χ1v) is 4.61. The summed E-state index contributed by atoms with van der Waals surface area (Å²) in [6.07, 6.45) is 4.03. The fraction of sp³-hybridized carbons (Fsp3) is 0. The van der Waals surface area contributed by atoms with Crippen molar-refractivity contribution in [2.75, 3.05) is 0 Å². The lowest BCUT2D eigenvalue weighted by Crippen LogP contribution is -1.98. The summed E-state index contributed by atoms with van der Waals surface area (Å²) in [4.78, 5) is 0. The molecule has 0 saturated carbocycles. The molecule has 18 heavy (non-hydrogen) atoms. The van der Waals surface area contributed by atoms with Gasteiger partial charge in [-0.3, -0.25) is 0 Å². The van der Waals surface area contributed by atoms with Crippen LogP contribution < -0.4 is 0 Å². The lowest BCUT2D eigenvalue weighted by molar-refractivity contribution is 1.34. The van der Waals surface area contributed by atoms with E-state index in [1.807, 2.05) is 0 Å². The Morgan fingerprint density at radius 1 is 0.667 bits per heavy atom. The molecule has 0 N–H and O–H groups in total. The molecule has 0 unspecified atom stereocenters. The van der Waals surface area contributed by atoms with Crippen LogP contribution in [0.25, 0.3) is 0 Å². The van der Waals surface area contributed by atoms with Gasteiger partial charge in [0.25, 0.3) is 0 Å². The Bertz CT molecular complexity index is 725. The van der Waals surface area contributed by atoms with E-state index in [9.17, 15) is 0 Å². The molecule has 0 radical (unpaired) electrons. The molecule has 0 aromatic heterocycles. The van der Waals surface area contributed by atoms with Crippen molar-refractivity contribution in [2.24, 2.45) is 0 Å². The minimum atomic E-state index is -0.256. The van der Waals surface area contributed by atoms with E-state index < -0.39 is 0 Å². The molecule has 0 aromatic rings. The number of hydrogen-bond donors (Lipinski definition) is 0. The van der Waals surface area contributed by atoms with Crippen molar-refractivity contribution in [1.29, 1.82) is 26.3 Å². The van der Waals surface area contributed by atoms with Gasteiger partial charge in [0.05, 0.1) is 27.9 Å². The summed E-state index contributed by atoms with van der Waals surface area (Å²) in [5.41, 5.74) is -0.693. The second kappa shape index (κ2) is 5.48. The van der Waals surface area contributed by atoms with Gasteiger partial charge >= 0.3 is 0 Å². The number of nitrogens with zero attached hydrogens (tertiary/aromatic N) is 5. The van der Waals surface area contributed by atoms with Crippen LogP contribution in [0.15, 0.2) is 46.1 Å². The summed E-state index contributed by atoms with van der Waals surface area (Å²) in [5.74, 6) is 0. The highest BCUT2D eigenvalue weighted by molar-refractivity contribution is 5.69. The molecule has 0 aliphatic heterocycles. The first kappa shape index (κ1) is 12.5. The van der Waals surface area contributed by atoms with Crippen LogP contribution in [-0.2, 0) is 0 Å². The van der Waals surface area contributed by atoms with E-state index in [4.69, 9.17) is 26.3 Å². The number of nitriles is 5. The number of allylic oxidation sites excluding steroid dienone is 8. The Balaban J connectivity index is 3.82. The smallest absolute Gasteiger partial charge is 0.102 e. The number of hydrogen-bond acceptors (Lipinski definition) is 5. The second-order valence-electron chi connectivity index (χ2n) is 3.04. The van der Waals surface area contributed by atoms with E-state index in [0.717, 1.165) is 0 Å². The molecule has 0 bridgehead atoms. The molecule has 1 aliphatic carbocycles. The van der Waals surface area contributed by atoms with Crippen molar-refractivity contribution in [1.82, 2.24) is 0 Å². The molecule has 5 nitrogen and oxygen atoms in total. The maximum absolute atomic E-state index is 9.02. The minimum Gasteiger partial charge on any atom is -0.192 e. The standard InChI is InChI=1S/C13H3N5/c14-4-9-2-1-3-10(5-15)12(7-17)13(8-18)11(9)6-16/h1-3H/b2-1-,3-1?,9-2?,10-3-,11-9+,12-10?,13-11?,13-12-. The van der Waals surface area contributed by atoms with Crippen LogP contribution in [0.3, 0.4) is 0 Å². The van der Waals surface area contributed by atoms with Gasteiger partial charge in [0.15, 0.2) is 0 Å². The van der Waals surface area contributed by atoms with Crippen LogP contribution in [0.2, 0.25) is 0 Å². The normalized spacial score (nSPS) is 26.7. The third-order valence-corrected chi connectivity index (χ3v) is 2.14. The van der Waals surface area contributed by atoms with E-state index >= 15 is 0 Å². The van der Waals surface area contributed by atoms with Gasteiger partial charge in [0.1, 0.15) is 30.3 Å². The molecule has 5 heteroatoms. The summed E-state index contributed by atoms with van der Waals surface area (Å²) in [6, 6.07) is 8.70. The summed E-state index contributed by atoms with van der Waals surface area (Å²) in [6.45, 7) is 0. The average molecular weight is 229 g/mol. The number of rotatable bonds is 0. The fourth-order valence-electron chi connectivity index (χ4n) is 1.33. The predicted octanol–water partition coefficient (Wildman–Crippen LogP) is 1.69. The van der Waals surface area contributed by atoms with Crippen LogP contribution in [0.1, 0.15) is 0 Å². The van der Waals surface area contributed by atoms with Crippen molar-refractivity contribution in [3.63, 3.8) is 0 Å². The Kier molecular flexibility index (Phi) is 3.80. The maximum Gasteiger partial charge on any atom is 0.102 e. The summed E-state index contributed by atoms with van der Waals surface area (Å²) < 4.78 is 0. The molecule has 0 aromatic carbocycles. The molecule has 0 amide bonds. The van der Waals surface area contributed by atoms with E-state index in [1.54, 1.807) is 30.3 Å². The summed E-state index contributed by atoms with van der Waals surface area (Å²) in [7, 11) is 0. The van der Waals surface area contributed by atoms with E-state index in [1.165, 1.54) is 18.2 Å². The van der Waals surface area contributed by atoms with E-state index in [0.29, 0.717) is 0 Å². The van der Waals surface area contributed by atoms with Crippen LogP contribution in [0.5, 0.6) is 0 Å². The zero-order valence-corrected chi connectivity index (χ0v) is 8.97. The summed E-state index contributed by atoms with van der Waals surface area (Å²) in [5, 5.41) is 44.8. The van der Waals surface area contributed by atoms with Gasteiger partial charge in [-0.15, -0.1) is 0 Å². The molecular formula is C13H3N5. The topological polar surface area (TPSA) is 119 Å². The van der Waals surface area contributed by atoms with Crippen LogP contribution >= 0.6 is 0 Å². The Hall–Kier alpha value is -3.59. The predicted molar refractivity (Wildman–Crippen MR) is 59.3 cm³/mol. The van der Waals surface area contributed by atoms with Gasteiger partial charge in [-0.05, 0) is 12.2 Å². The SMILES string of the molecule is N#CC1=C(C#N)/C(C#N)=C(C#N)\C(C#N)=C/C=C\1. The molecule has 0 fully saturated rings. The van der Waals surface area contributed by atoms with Gasteiger partial charge in [0.2, 0.25) is 0 Å². The third-order valence-electron chi connectivity index (χ3n) is 2.14. The van der Waals surface area contributed by atoms with Crippen LogP contribution in [-0.4, -0.2) is 0 Å². The van der Waals surface area contributed by atoms with E-state index in [2.05, 4.69) is 0 Å². The lowest BCUT2D eigenvalue weighted by atomic mass is 9.92. The van der Waals surface area contributed by atoms with Gasteiger partial charge in [-0.2, -0.15) is 26.3 Å². The molecule has 80 valence electrons. The fourth-order valence-corrected chi connectivity index (χ4v) is 1.33. The molecule has 0 heterocycles. The van der Waals surface area contributed by atoms with Gasteiger partial charge < -0.3 is 0 Å². The lowest BCUT2D eigenvalue weighted by Gasteiger charge is -2.04. The molecule has 0 atom stereocenters. The van der Waals surface area contributed by atoms with E-state index in [-0.39, 0.29) is 27.9 Å². The first-order valence-electron chi connectivity index (χ1n) is 4.61. The van der Waals surface area contributed by atoms with Crippen molar-refractivity contribution in [2.45, 2.75) is 0 Å². The Morgan fingerprint density at radius 3 is 1.72 bits per heavy atom. The highest BCUT2D eigenvalue weighted by Crippen LogP contribution is 2.24. The zero-order valence-electron chi connectivity index (χ0n) is 8.97. The van der Waals surface area contributed by atoms with Gasteiger partial charge in [0, 0.05) is 0 Å². The molecule has 0 spiro atoms. The summed E-state index contributed by atoms with van der Waals surface area (Å²) >= 11 is 0. The Morgan fingerprint density at radius 2 is 1.28 bits per heavy atom. The van der Waals surface area contributed by atoms with Gasteiger partial charge in [-0.1, -0.05) is 6.08 Å².